The molecule has 1 aliphatic heterocycles. The van der Waals surface area contributed by atoms with Crippen LogP contribution in [0.15, 0.2) is 83.8 Å². The second-order valence-corrected chi connectivity index (χ2v) is 12.4. The van der Waals surface area contributed by atoms with Gasteiger partial charge in [0.25, 0.3) is 0 Å². The predicted octanol–water partition coefficient (Wildman–Crippen LogP) is 5.35. The Labute approximate surface area is 242 Å². The first-order chi connectivity index (χ1) is 19.3. The van der Waals surface area contributed by atoms with Crippen molar-refractivity contribution in [3.63, 3.8) is 0 Å². The number of halogens is 1. The first kappa shape index (κ1) is 29.8. The highest BCUT2D eigenvalue weighted by Crippen LogP contribution is 2.26. The molecule has 7 nitrogen and oxygen atoms in total. The summed E-state index contributed by atoms with van der Waals surface area (Å²) in [4.78, 5) is 29.1. The molecule has 0 aromatic heterocycles. The number of hydrogen-bond donors (Lipinski definition) is 1. The highest BCUT2D eigenvalue weighted by atomic mass is 35.5. The van der Waals surface area contributed by atoms with Crippen LogP contribution in [0, 0.1) is 0 Å². The molecule has 0 unspecified atom stereocenters. The molecule has 2 amide bonds. The van der Waals surface area contributed by atoms with Crippen LogP contribution in [0.2, 0.25) is 5.02 Å². The lowest BCUT2D eigenvalue weighted by Gasteiger charge is -2.32. The molecule has 0 bridgehead atoms. The fourth-order valence-electron chi connectivity index (χ4n) is 4.86. The van der Waals surface area contributed by atoms with E-state index in [1.54, 1.807) is 41.3 Å². The highest BCUT2D eigenvalue weighted by Gasteiger charge is 2.31. The van der Waals surface area contributed by atoms with Gasteiger partial charge in [-0.15, -0.1) is 0 Å². The van der Waals surface area contributed by atoms with Crippen molar-refractivity contribution in [1.29, 1.82) is 0 Å². The quantitative estimate of drug-likeness (QED) is 0.312. The second kappa shape index (κ2) is 13.9. The molecule has 1 aliphatic rings. The molecule has 40 heavy (non-hydrogen) atoms. The van der Waals surface area contributed by atoms with Crippen molar-refractivity contribution in [3.05, 3.63) is 101 Å². The van der Waals surface area contributed by atoms with Crippen molar-refractivity contribution in [1.82, 2.24) is 14.5 Å². The summed E-state index contributed by atoms with van der Waals surface area (Å²) < 4.78 is 27.2. The third-order valence-electron chi connectivity index (χ3n) is 7.06. The molecule has 1 fully saturated rings. The number of sulfonamides is 1. The van der Waals surface area contributed by atoms with Crippen LogP contribution in [-0.4, -0.2) is 49.1 Å². The number of hydrogen-bond acceptors (Lipinski definition) is 4. The van der Waals surface area contributed by atoms with Gasteiger partial charge in [0.05, 0.1) is 4.90 Å². The van der Waals surface area contributed by atoms with Gasteiger partial charge in [-0.2, -0.15) is 4.31 Å². The molecule has 0 radical (unpaired) electrons. The lowest BCUT2D eigenvalue weighted by molar-refractivity contribution is -0.141. The van der Waals surface area contributed by atoms with Crippen molar-refractivity contribution in [3.8, 4) is 0 Å². The van der Waals surface area contributed by atoms with Crippen molar-refractivity contribution >= 4 is 33.4 Å². The molecule has 212 valence electrons. The van der Waals surface area contributed by atoms with Gasteiger partial charge in [0.15, 0.2) is 0 Å². The Kier molecular flexibility index (Phi) is 10.4. The van der Waals surface area contributed by atoms with E-state index in [0.717, 1.165) is 36.0 Å². The maximum Gasteiger partial charge on any atom is 0.247 e. The minimum Gasteiger partial charge on any atom is -0.354 e. The van der Waals surface area contributed by atoms with Gasteiger partial charge in [0, 0.05) is 37.6 Å². The minimum absolute atomic E-state index is 0.163. The average Bonchev–Trinajstić information content (AvgIpc) is 3.53. The number of carbonyl (C=O) groups excluding carboxylic acids is 2. The third kappa shape index (κ3) is 7.50. The van der Waals surface area contributed by atoms with E-state index in [1.165, 1.54) is 4.31 Å². The summed E-state index contributed by atoms with van der Waals surface area (Å²) in [6.45, 7) is 3.84. The van der Waals surface area contributed by atoms with Gasteiger partial charge in [-0.3, -0.25) is 9.59 Å². The lowest BCUT2D eigenvalue weighted by atomic mass is 10.0. The number of nitrogens with one attached hydrogen (secondary N) is 1. The first-order valence-corrected chi connectivity index (χ1v) is 15.6. The molecule has 1 N–H and O–H groups in total. The fraction of sp³-hybridized carbons (Fsp3) is 0.355. The van der Waals surface area contributed by atoms with Crippen molar-refractivity contribution in [2.24, 2.45) is 0 Å². The normalized spacial score (nSPS) is 14.6. The molecule has 3 aromatic carbocycles. The standard InChI is InChI=1S/C31H36ClN3O4S/c1-2-20-33-31(37)30(26-8-4-3-5-9-26)35(23-25-10-15-27(32)16-11-25)29(36)19-14-24-12-17-28(18-13-24)40(38,39)34-21-6-7-22-34/h3-5,8-13,15-18,30H,2,6-7,14,19-23H2,1H3,(H,33,37)/t30-/m1/s1. The summed E-state index contributed by atoms with van der Waals surface area (Å²) in [7, 11) is -3.49. The van der Waals surface area contributed by atoms with E-state index < -0.39 is 16.1 Å². The Hall–Kier alpha value is -3.20. The molecule has 4 rings (SSSR count). The van der Waals surface area contributed by atoms with E-state index in [-0.39, 0.29) is 29.7 Å². The molecule has 9 heteroatoms. The van der Waals surface area contributed by atoms with Gasteiger partial charge in [-0.1, -0.05) is 73.1 Å². The van der Waals surface area contributed by atoms with Crippen LogP contribution in [0.4, 0.5) is 0 Å². The van der Waals surface area contributed by atoms with Crippen LogP contribution < -0.4 is 5.32 Å². The van der Waals surface area contributed by atoms with Crippen LogP contribution in [0.25, 0.3) is 0 Å². The van der Waals surface area contributed by atoms with E-state index in [0.29, 0.717) is 31.1 Å². The summed E-state index contributed by atoms with van der Waals surface area (Å²) in [6, 6.07) is 22.5. The maximum atomic E-state index is 13.8. The van der Waals surface area contributed by atoms with Crippen LogP contribution in [0.3, 0.4) is 0 Å². The number of rotatable bonds is 12. The van der Waals surface area contributed by atoms with Crippen LogP contribution in [0.5, 0.6) is 0 Å². The second-order valence-electron chi connectivity index (χ2n) is 10.0. The first-order valence-electron chi connectivity index (χ1n) is 13.7. The van der Waals surface area contributed by atoms with E-state index in [2.05, 4.69) is 5.32 Å². The number of nitrogens with zero attached hydrogens (tertiary/aromatic N) is 2. The van der Waals surface area contributed by atoms with Gasteiger partial charge in [-0.25, -0.2) is 8.42 Å². The number of carbonyl (C=O) groups is 2. The zero-order valence-electron chi connectivity index (χ0n) is 22.8. The summed E-state index contributed by atoms with van der Waals surface area (Å²) in [5.41, 5.74) is 2.44. The van der Waals surface area contributed by atoms with Gasteiger partial charge in [-0.05, 0) is 66.6 Å². The van der Waals surface area contributed by atoms with Crippen molar-refractivity contribution in [2.75, 3.05) is 19.6 Å². The van der Waals surface area contributed by atoms with Crippen LogP contribution in [-0.2, 0) is 32.6 Å². The Morgan fingerprint density at radius 1 is 0.925 bits per heavy atom. The van der Waals surface area contributed by atoms with Gasteiger partial charge >= 0.3 is 0 Å². The Balaban J connectivity index is 1.55. The Morgan fingerprint density at radius 2 is 1.55 bits per heavy atom. The molecule has 1 atom stereocenters. The molecule has 0 spiro atoms. The molecule has 0 aliphatic carbocycles. The Bertz CT molecular complexity index is 1370. The smallest absolute Gasteiger partial charge is 0.247 e. The molecular formula is C31H36ClN3O4S. The van der Waals surface area contributed by atoms with Crippen LogP contribution in [0.1, 0.15) is 55.3 Å². The molecule has 3 aromatic rings. The number of benzene rings is 3. The van der Waals surface area contributed by atoms with E-state index in [4.69, 9.17) is 11.6 Å². The summed E-state index contributed by atoms with van der Waals surface area (Å²) in [5.74, 6) is -0.406. The molecular weight excluding hydrogens is 546 g/mol. The van der Waals surface area contributed by atoms with Crippen LogP contribution >= 0.6 is 11.6 Å². The molecule has 0 saturated carbocycles. The van der Waals surface area contributed by atoms with E-state index >= 15 is 0 Å². The minimum atomic E-state index is -3.49. The summed E-state index contributed by atoms with van der Waals surface area (Å²) in [6.07, 6.45) is 3.12. The number of amides is 2. The number of aryl methyl sites for hydroxylation is 1. The van der Waals surface area contributed by atoms with Gasteiger partial charge in [0.2, 0.25) is 21.8 Å². The third-order valence-corrected chi connectivity index (χ3v) is 9.23. The topological polar surface area (TPSA) is 86.8 Å². The van der Waals surface area contributed by atoms with Crippen molar-refractivity contribution in [2.45, 2.75) is 56.5 Å². The predicted molar refractivity (Wildman–Crippen MR) is 157 cm³/mol. The molecule has 1 saturated heterocycles. The lowest BCUT2D eigenvalue weighted by Crippen LogP contribution is -2.43. The van der Waals surface area contributed by atoms with E-state index in [1.807, 2.05) is 49.4 Å². The maximum absolute atomic E-state index is 13.8. The van der Waals surface area contributed by atoms with Gasteiger partial charge < -0.3 is 10.2 Å². The SMILES string of the molecule is CCCNC(=O)[C@@H](c1ccccc1)N(Cc1ccc(Cl)cc1)C(=O)CCc1ccc(S(=O)(=O)N2CCCC2)cc1. The van der Waals surface area contributed by atoms with E-state index in [9.17, 15) is 18.0 Å². The largest absolute Gasteiger partial charge is 0.354 e. The summed E-state index contributed by atoms with van der Waals surface area (Å²) >= 11 is 6.09. The van der Waals surface area contributed by atoms with Crippen molar-refractivity contribution < 1.29 is 18.0 Å². The zero-order valence-corrected chi connectivity index (χ0v) is 24.3. The zero-order chi connectivity index (χ0) is 28.5. The highest BCUT2D eigenvalue weighted by molar-refractivity contribution is 7.89. The Morgan fingerprint density at radius 3 is 2.17 bits per heavy atom. The monoisotopic (exact) mass is 581 g/mol. The molecule has 1 heterocycles. The summed E-state index contributed by atoms with van der Waals surface area (Å²) in [5, 5.41) is 3.56. The average molecular weight is 582 g/mol. The fourth-order valence-corrected chi connectivity index (χ4v) is 6.51. The van der Waals surface area contributed by atoms with Gasteiger partial charge in [0.1, 0.15) is 6.04 Å².